The van der Waals surface area contributed by atoms with E-state index in [4.69, 9.17) is 0 Å². The second-order valence-corrected chi connectivity index (χ2v) is 6.19. The van der Waals surface area contributed by atoms with Crippen LogP contribution in [0.3, 0.4) is 0 Å². The topological polar surface area (TPSA) is 49.4 Å². The van der Waals surface area contributed by atoms with E-state index in [0.717, 1.165) is 12.8 Å². The monoisotopic (exact) mass is 252 g/mol. The minimum absolute atomic E-state index is 0.0105. The lowest BCUT2D eigenvalue weighted by Gasteiger charge is -2.42. The Balaban J connectivity index is 2.26. The van der Waals surface area contributed by atoms with Gasteiger partial charge in [0.25, 0.3) is 0 Å². The van der Waals surface area contributed by atoms with Gasteiger partial charge in [-0.05, 0) is 30.6 Å². The fourth-order valence-corrected chi connectivity index (χ4v) is 3.39. The summed E-state index contributed by atoms with van der Waals surface area (Å²) >= 11 is 0. The predicted molar refractivity (Wildman–Crippen MR) is 69.8 cm³/mol. The summed E-state index contributed by atoms with van der Waals surface area (Å²) < 4.78 is 0. The van der Waals surface area contributed by atoms with Gasteiger partial charge in [-0.25, -0.2) is 0 Å². The first-order valence-electron chi connectivity index (χ1n) is 7.02. The van der Waals surface area contributed by atoms with Crippen LogP contribution in [0.4, 0.5) is 0 Å². The molecule has 2 fully saturated rings. The molecule has 1 aliphatic carbocycles. The van der Waals surface area contributed by atoms with E-state index >= 15 is 0 Å². The molecule has 4 nitrogen and oxygen atoms in total. The van der Waals surface area contributed by atoms with Crippen molar-refractivity contribution in [1.82, 2.24) is 10.2 Å². The molecule has 1 N–H and O–H groups in total. The van der Waals surface area contributed by atoms with Gasteiger partial charge in [0.15, 0.2) is 0 Å². The number of nitrogens with one attached hydrogen (secondary N) is 1. The normalized spacial score (nSPS) is 37.3. The third-order valence-electron chi connectivity index (χ3n) is 4.68. The summed E-state index contributed by atoms with van der Waals surface area (Å²) in [6, 6.07) is -0.0463. The summed E-state index contributed by atoms with van der Waals surface area (Å²) in [5.41, 5.74) is 0. The van der Waals surface area contributed by atoms with Crippen molar-refractivity contribution in [3.8, 4) is 0 Å². The van der Waals surface area contributed by atoms with Gasteiger partial charge < -0.3 is 10.2 Å². The lowest BCUT2D eigenvalue weighted by atomic mass is 9.92. The van der Waals surface area contributed by atoms with Gasteiger partial charge in [-0.2, -0.15) is 0 Å². The molecular formula is C14H24N2O2. The van der Waals surface area contributed by atoms with E-state index in [2.05, 4.69) is 19.2 Å². The minimum atomic E-state index is -0.288. The van der Waals surface area contributed by atoms with Crippen LogP contribution in [-0.4, -0.2) is 35.3 Å². The van der Waals surface area contributed by atoms with Gasteiger partial charge >= 0.3 is 0 Å². The summed E-state index contributed by atoms with van der Waals surface area (Å²) in [5.74, 6) is 1.38. The number of hydrogen-bond acceptors (Lipinski definition) is 2. The molecule has 1 saturated carbocycles. The zero-order valence-corrected chi connectivity index (χ0v) is 11.8. The van der Waals surface area contributed by atoms with Crippen molar-refractivity contribution in [2.75, 3.05) is 6.54 Å². The Bertz CT molecular complexity index is 354. The Morgan fingerprint density at radius 1 is 1.22 bits per heavy atom. The molecule has 0 radical (unpaired) electrons. The smallest absolute Gasteiger partial charge is 0.243 e. The van der Waals surface area contributed by atoms with Crippen LogP contribution in [0.15, 0.2) is 0 Å². The van der Waals surface area contributed by atoms with E-state index in [9.17, 15) is 9.59 Å². The number of carbonyl (C=O) groups is 2. The summed E-state index contributed by atoms with van der Waals surface area (Å²) in [6.07, 6.45) is 2.19. The average Bonchev–Trinajstić information content (AvgIpc) is 2.62. The molecular weight excluding hydrogens is 228 g/mol. The molecule has 4 unspecified atom stereocenters. The molecule has 2 rings (SSSR count). The van der Waals surface area contributed by atoms with E-state index in [0.29, 0.717) is 11.8 Å². The molecule has 1 saturated heterocycles. The van der Waals surface area contributed by atoms with Crippen molar-refractivity contribution in [3.05, 3.63) is 0 Å². The summed E-state index contributed by atoms with van der Waals surface area (Å²) in [7, 11) is 0. The quantitative estimate of drug-likeness (QED) is 0.807. The molecule has 1 aliphatic heterocycles. The van der Waals surface area contributed by atoms with Crippen LogP contribution in [-0.2, 0) is 9.59 Å². The maximum absolute atomic E-state index is 12.2. The van der Waals surface area contributed by atoms with Crippen LogP contribution < -0.4 is 5.32 Å². The van der Waals surface area contributed by atoms with Gasteiger partial charge in [-0.3, -0.25) is 9.59 Å². The molecule has 102 valence electrons. The van der Waals surface area contributed by atoms with Crippen molar-refractivity contribution in [3.63, 3.8) is 0 Å². The second-order valence-electron chi connectivity index (χ2n) is 6.19. The highest BCUT2D eigenvalue weighted by Crippen LogP contribution is 2.37. The summed E-state index contributed by atoms with van der Waals surface area (Å²) in [6.45, 7) is 8.64. The first-order chi connectivity index (χ1) is 8.43. The van der Waals surface area contributed by atoms with E-state index in [-0.39, 0.29) is 36.4 Å². The molecule has 0 aromatic heterocycles. The number of hydrogen-bond donors (Lipinski definition) is 1. The lowest BCUT2D eigenvalue weighted by molar-refractivity contribution is -0.151. The van der Waals surface area contributed by atoms with Gasteiger partial charge in [-0.15, -0.1) is 0 Å². The van der Waals surface area contributed by atoms with E-state index in [1.54, 1.807) is 0 Å². The number of nitrogens with zero attached hydrogens (tertiary/aromatic N) is 1. The molecule has 0 bridgehead atoms. The molecule has 2 amide bonds. The van der Waals surface area contributed by atoms with Crippen molar-refractivity contribution in [2.45, 2.75) is 52.6 Å². The maximum Gasteiger partial charge on any atom is 0.243 e. The predicted octanol–water partition coefficient (Wildman–Crippen LogP) is 1.40. The number of amides is 2. The molecule has 2 aliphatic rings. The average molecular weight is 252 g/mol. The van der Waals surface area contributed by atoms with Crippen molar-refractivity contribution in [1.29, 1.82) is 0 Å². The molecule has 0 aromatic rings. The van der Waals surface area contributed by atoms with Gasteiger partial charge in [0.2, 0.25) is 11.8 Å². The largest absolute Gasteiger partial charge is 0.345 e. The minimum Gasteiger partial charge on any atom is -0.345 e. The highest BCUT2D eigenvalue weighted by Gasteiger charge is 2.44. The van der Waals surface area contributed by atoms with Crippen molar-refractivity contribution >= 4 is 11.8 Å². The van der Waals surface area contributed by atoms with Gasteiger partial charge in [0.05, 0.1) is 6.54 Å². The molecule has 0 aromatic carbocycles. The first-order valence-corrected chi connectivity index (χ1v) is 7.02. The Hall–Kier alpha value is -1.06. The third kappa shape index (κ3) is 2.13. The molecule has 4 heteroatoms. The van der Waals surface area contributed by atoms with Crippen molar-refractivity contribution < 1.29 is 9.59 Å². The van der Waals surface area contributed by atoms with Crippen LogP contribution in [0.1, 0.15) is 40.5 Å². The Morgan fingerprint density at radius 2 is 1.89 bits per heavy atom. The number of carbonyl (C=O) groups excluding carboxylic acids is 2. The van der Waals surface area contributed by atoms with Crippen LogP contribution in [0.2, 0.25) is 0 Å². The molecule has 4 atom stereocenters. The molecule has 0 spiro atoms. The van der Waals surface area contributed by atoms with E-state index in [1.807, 2.05) is 18.7 Å². The molecule has 18 heavy (non-hydrogen) atoms. The second kappa shape index (κ2) is 4.90. The zero-order chi connectivity index (χ0) is 13.4. The summed E-state index contributed by atoms with van der Waals surface area (Å²) in [4.78, 5) is 26.1. The first kappa shape index (κ1) is 13.4. The van der Waals surface area contributed by atoms with Gasteiger partial charge in [0.1, 0.15) is 6.04 Å². The third-order valence-corrected chi connectivity index (χ3v) is 4.68. The number of rotatable bonds is 2. The number of piperazine rings is 1. The van der Waals surface area contributed by atoms with Crippen LogP contribution in [0.25, 0.3) is 0 Å². The van der Waals surface area contributed by atoms with Crippen LogP contribution in [0, 0.1) is 17.8 Å². The fourth-order valence-electron chi connectivity index (χ4n) is 3.39. The Morgan fingerprint density at radius 3 is 2.39 bits per heavy atom. The van der Waals surface area contributed by atoms with Crippen LogP contribution >= 0.6 is 0 Å². The van der Waals surface area contributed by atoms with Gasteiger partial charge in [-0.1, -0.05) is 27.7 Å². The lowest BCUT2D eigenvalue weighted by Crippen LogP contribution is -2.63. The molecule has 1 heterocycles. The highest BCUT2D eigenvalue weighted by atomic mass is 16.2. The SMILES string of the molecule is CC(C)C1C(=O)NCC(=O)N1C1CCC(C)C1C. The standard InChI is InChI=1S/C14H24N2O2/c1-8(2)13-14(18)15-7-12(17)16(13)11-6-5-9(3)10(11)4/h8-11,13H,5-7H2,1-4H3,(H,15,18). The van der Waals surface area contributed by atoms with E-state index in [1.165, 1.54) is 0 Å². The summed E-state index contributed by atoms with van der Waals surface area (Å²) in [5, 5.41) is 2.71. The zero-order valence-electron chi connectivity index (χ0n) is 11.8. The van der Waals surface area contributed by atoms with Crippen molar-refractivity contribution in [2.24, 2.45) is 17.8 Å². The highest BCUT2D eigenvalue weighted by molar-refractivity contribution is 5.95. The van der Waals surface area contributed by atoms with E-state index < -0.39 is 0 Å². The van der Waals surface area contributed by atoms with Crippen LogP contribution in [0.5, 0.6) is 0 Å². The fraction of sp³-hybridized carbons (Fsp3) is 0.857. The van der Waals surface area contributed by atoms with Gasteiger partial charge in [0, 0.05) is 6.04 Å². The Labute approximate surface area is 109 Å². The Kier molecular flexibility index (Phi) is 3.64. The maximum atomic E-state index is 12.2.